The van der Waals surface area contributed by atoms with Crippen molar-refractivity contribution in [2.75, 3.05) is 26.4 Å². The number of ether oxygens (including phenoxy) is 6. The van der Waals surface area contributed by atoms with Gasteiger partial charge in [0.05, 0.1) is 19.8 Å². The normalized spacial score (nSPS) is 25.5. The van der Waals surface area contributed by atoms with Crippen LogP contribution in [0.2, 0.25) is 0 Å². The van der Waals surface area contributed by atoms with Crippen LogP contribution in [0, 0.1) is 0 Å². The lowest BCUT2D eigenvalue weighted by Gasteiger charge is -2.42. The van der Waals surface area contributed by atoms with E-state index in [4.69, 9.17) is 28.4 Å². The van der Waals surface area contributed by atoms with E-state index in [0.717, 1.165) is 57.8 Å². The summed E-state index contributed by atoms with van der Waals surface area (Å²) in [7, 11) is 0. The smallest absolute Gasteiger partial charge is 0.306 e. The van der Waals surface area contributed by atoms with Crippen molar-refractivity contribution in [3.8, 4) is 0 Å². The highest BCUT2D eigenvalue weighted by molar-refractivity contribution is 5.70. The van der Waals surface area contributed by atoms with E-state index in [2.05, 4.69) is 62.5 Å². The Kier molecular flexibility index (Phi) is 39.4. The van der Waals surface area contributed by atoms with Crippen molar-refractivity contribution in [1.82, 2.24) is 0 Å². The van der Waals surface area contributed by atoms with Gasteiger partial charge in [0.1, 0.15) is 55.4 Å². The molecule has 2 aliphatic rings. The molecule has 2 heterocycles. The molecule has 0 spiro atoms. The van der Waals surface area contributed by atoms with E-state index >= 15 is 0 Å². The molecule has 2 aliphatic heterocycles. The topological polar surface area (TPSA) is 231 Å². The van der Waals surface area contributed by atoms with Gasteiger partial charge in [0.2, 0.25) is 0 Å². The maximum atomic E-state index is 13.0. The minimum absolute atomic E-state index is 0.0869. The zero-order chi connectivity index (χ0) is 52.4. The number of rotatable bonds is 43. The van der Waals surface area contributed by atoms with Crippen LogP contribution in [0.5, 0.6) is 0 Å². The van der Waals surface area contributed by atoms with Gasteiger partial charge in [-0.05, 0) is 77.0 Å². The first-order valence-electron chi connectivity index (χ1n) is 27.9. The molecular weight excluding hydrogens is 925 g/mol. The Hall–Kier alpha value is -2.80. The number of unbranched alkanes of at least 4 members (excludes halogenated alkanes) is 19. The number of aliphatic hydroxyl groups excluding tert-OH is 7. The fourth-order valence-corrected chi connectivity index (χ4v) is 8.38. The van der Waals surface area contributed by atoms with E-state index in [0.29, 0.717) is 19.3 Å². The minimum Gasteiger partial charge on any atom is -0.462 e. The van der Waals surface area contributed by atoms with E-state index in [1.165, 1.54) is 89.9 Å². The Labute approximate surface area is 432 Å². The van der Waals surface area contributed by atoms with Gasteiger partial charge in [0.15, 0.2) is 18.7 Å². The third kappa shape index (κ3) is 30.5. The van der Waals surface area contributed by atoms with Crippen LogP contribution in [0.1, 0.15) is 194 Å². The first-order valence-corrected chi connectivity index (χ1v) is 27.9. The third-order valence-corrected chi connectivity index (χ3v) is 13.0. The zero-order valence-corrected chi connectivity index (χ0v) is 44.1. The molecule has 0 aliphatic carbocycles. The van der Waals surface area contributed by atoms with Gasteiger partial charge in [-0.1, -0.05) is 164 Å². The Bertz CT molecular complexity index is 1480. The Morgan fingerprint density at radius 2 is 0.847 bits per heavy atom. The molecule has 11 atom stereocenters. The average molecular weight is 1020 g/mol. The molecule has 7 N–H and O–H groups in total. The lowest BCUT2D eigenvalue weighted by molar-refractivity contribution is -0.332. The number of allylic oxidation sites excluding steroid dienone is 10. The zero-order valence-electron chi connectivity index (χ0n) is 44.1. The predicted octanol–water partition coefficient (Wildman–Crippen LogP) is 8.83. The van der Waals surface area contributed by atoms with Gasteiger partial charge in [-0.15, -0.1) is 0 Å². The second-order valence-electron chi connectivity index (χ2n) is 19.4. The Morgan fingerprint density at radius 3 is 1.38 bits per heavy atom. The summed E-state index contributed by atoms with van der Waals surface area (Å²) >= 11 is 0. The maximum Gasteiger partial charge on any atom is 0.306 e. The number of hydrogen-bond donors (Lipinski definition) is 7. The van der Waals surface area contributed by atoms with Crippen LogP contribution < -0.4 is 0 Å². The van der Waals surface area contributed by atoms with Gasteiger partial charge in [-0.2, -0.15) is 0 Å². The summed E-state index contributed by atoms with van der Waals surface area (Å²) in [4.78, 5) is 25.8. The van der Waals surface area contributed by atoms with Crippen molar-refractivity contribution in [3.05, 3.63) is 60.8 Å². The van der Waals surface area contributed by atoms with Crippen molar-refractivity contribution in [2.45, 2.75) is 261 Å². The molecule has 2 fully saturated rings. The summed E-state index contributed by atoms with van der Waals surface area (Å²) in [5.41, 5.74) is 0. The van der Waals surface area contributed by atoms with E-state index in [-0.39, 0.29) is 19.4 Å². The predicted molar refractivity (Wildman–Crippen MR) is 280 cm³/mol. The van der Waals surface area contributed by atoms with E-state index < -0.39 is 99.3 Å². The maximum absolute atomic E-state index is 13.0. The van der Waals surface area contributed by atoms with Crippen LogP contribution in [-0.2, 0) is 38.0 Å². The second kappa shape index (κ2) is 43.4. The quantitative estimate of drug-likeness (QED) is 0.0172. The average Bonchev–Trinajstić information content (AvgIpc) is 3.37. The molecule has 2 saturated heterocycles. The van der Waals surface area contributed by atoms with Gasteiger partial charge in [-0.25, -0.2) is 0 Å². The molecule has 0 amide bonds. The molecule has 0 aromatic carbocycles. The molecule has 0 aromatic rings. The first-order chi connectivity index (χ1) is 35.0. The van der Waals surface area contributed by atoms with Crippen LogP contribution in [0.15, 0.2) is 60.8 Å². The highest BCUT2D eigenvalue weighted by atomic mass is 16.7. The highest BCUT2D eigenvalue weighted by Crippen LogP contribution is 2.26. The van der Waals surface area contributed by atoms with Crippen molar-refractivity contribution in [1.29, 1.82) is 0 Å². The van der Waals surface area contributed by atoms with Crippen molar-refractivity contribution in [3.63, 3.8) is 0 Å². The molecule has 0 aromatic heterocycles. The van der Waals surface area contributed by atoms with Gasteiger partial charge < -0.3 is 64.2 Å². The van der Waals surface area contributed by atoms with Crippen LogP contribution in [0.3, 0.4) is 0 Å². The monoisotopic (exact) mass is 1020 g/mol. The van der Waals surface area contributed by atoms with E-state index in [9.17, 15) is 45.3 Å². The molecule has 416 valence electrons. The molecule has 72 heavy (non-hydrogen) atoms. The number of aliphatic hydroxyl groups is 7. The highest BCUT2D eigenvalue weighted by Gasteiger charge is 2.47. The van der Waals surface area contributed by atoms with Crippen molar-refractivity contribution >= 4 is 11.9 Å². The molecule has 2 rings (SSSR count). The summed E-state index contributed by atoms with van der Waals surface area (Å²) < 4.78 is 33.6. The molecule has 15 heteroatoms. The van der Waals surface area contributed by atoms with E-state index in [1.807, 2.05) is 12.2 Å². The second-order valence-corrected chi connectivity index (χ2v) is 19.4. The molecule has 0 radical (unpaired) electrons. The molecule has 15 nitrogen and oxygen atoms in total. The van der Waals surface area contributed by atoms with Gasteiger partial charge >= 0.3 is 11.9 Å². The third-order valence-electron chi connectivity index (χ3n) is 13.0. The largest absolute Gasteiger partial charge is 0.462 e. The first kappa shape index (κ1) is 65.3. The molecular formula is C57H98O15. The van der Waals surface area contributed by atoms with Crippen LogP contribution >= 0.6 is 0 Å². The number of esters is 2. The number of carbonyl (C=O) groups excluding carboxylic acids is 2. The summed E-state index contributed by atoms with van der Waals surface area (Å²) in [5.74, 6) is -0.996. The van der Waals surface area contributed by atoms with Crippen molar-refractivity contribution in [2.24, 2.45) is 0 Å². The number of hydrogen-bond acceptors (Lipinski definition) is 15. The summed E-state index contributed by atoms with van der Waals surface area (Å²) in [6, 6.07) is 0. The summed E-state index contributed by atoms with van der Waals surface area (Å²) in [6.45, 7) is 2.52. The van der Waals surface area contributed by atoms with Crippen LogP contribution in [-0.4, -0.2) is 142 Å². The summed E-state index contributed by atoms with van der Waals surface area (Å²) in [6.07, 6.45) is 33.9. The SMILES string of the molecule is CCCCCC/C=C/CCCCCCCCCC(=O)OC[C@H](CO[C@H]1O[C@@H](CO[C@H]2O[C@@H](CO)[C@@H](O)C(O)C2O)[C@@H](O)C(O)C1O)OC(=O)CCC/C=C/C/C=C/C/C=C/C/C=C/CCCCCCCCC. The Morgan fingerprint density at radius 1 is 0.444 bits per heavy atom. The lowest BCUT2D eigenvalue weighted by Crippen LogP contribution is -2.61. The molecule has 0 bridgehead atoms. The Balaban J connectivity index is 1.81. The molecule has 4 unspecified atom stereocenters. The number of carbonyl (C=O) groups is 2. The van der Waals surface area contributed by atoms with Crippen LogP contribution in [0.25, 0.3) is 0 Å². The fourth-order valence-electron chi connectivity index (χ4n) is 8.38. The lowest BCUT2D eigenvalue weighted by atomic mass is 9.98. The molecule has 0 saturated carbocycles. The van der Waals surface area contributed by atoms with Gasteiger partial charge in [-0.3, -0.25) is 9.59 Å². The van der Waals surface area contributed by atoms with Crippen molar-refractivity contribution < 1.29 is 73.8 Å². The van der Waals surface area contributed by atoms with Gasteiger partial charge in [0, 0.05) is 12.8 Å². The van der Waals surface area contributed by atoms with Gasteiger partial charge in [0.25, 0.3) is 0 Å². The minimum atomic E-state index is -1.78. The fraction of sp³-hybridized carbons (Fsp3) is 0.789. The standard InChI is InChI=1S/C57H98O15/c1-3-5-7-9-11-13-15-17-19-20-21-22-23-24-26-28-30-32-34-36-38-40-49(60)70-45(42-67-48(59)39-37-35-33-31-29-27-25-18-16-14-12-10-8-6-4-2)43-68-56-55(66)53(64)51(62)47(72-56)44-69-57-54(65)52(63)50(61)46(41-58)71-57/h14,16,19-20,22-23,26,28,32,34,45-47,50-58,61-66H,3-13,15,17-18,21,24-25,27,29-31,33,35-44H2,1-2H3/b16-14+,20-19+,23-22+,28-26+,34-32+/t45-,46+,47+,50-,51-,52?,53?,54?,55?,56+,57+/m1/s1. The summed E-state index contributed by atoms with van der Waals surface area (Å²) in [5, 5.41) is 72.2. The van der Waals surface area contributed by atoms with E-state index in [1.54, 1.807) is 0 Å². The van der Waals surface area contributed by atoms with Crippen LogP contribution in [0.4, 0.5) is 0 Å².